The Kier molecular flexibility index (Phi) is 6.78. The zero-order valence-corrected chi connectivity index (χ0v) is 28.1. The number of aryl methyl sites for hydroxylation is 2. The molecule has 0 atom stereocenters. The maximum atomic E-state index is 2.51. The van der Waals surface area contributed by atoms with E-state index in [0.717, 1.165) is 0 Å². The Balaban J connectivity index is 1.64. The number of rotatable bonds is 5. The first-order chi connectivity index (χ1) is 13.9. The van der Waals surface area contributed by atoms with Crippen LogP contribution in [-0.4, -0.2) is 36.8 Å². The van der Waals surface area contributed by atoms with Crippen LogP contribution >= 0.6 is 45.3 Å². The van der Waals surface area contributed by atoms with Gasteiger partial charge in [-0.1, -0.05) is 0 Å². The van der Waals surface area contributed by atoms with Crippen LogP contribution in [0.1, 0.15) is 11.1 Å². The third kappa shape index (κ3) is 4.83. The minimum atomic E-state index is -2.01. The number of thiophene rings is 4. The number of hydrogen-bond acceptors (Lipinski definition) is 4. The van der Waals surface area contributed by atoms with E-state index in [4.69, 9.17) is 0 Å². The first-order valence-corrected chi connectivity index (χ1v) is 33.6. The van der Waals surface area contributed by atoms with Crippen molar-refractivity contribution in [1.29, 1.82) is 0 Å². The van der Waals surface area contributed by atoms with Crippen molar-refractivity contribution in [3.8, 4) is 29.3 Å². The van der Waals surface area contributed by atoms with Gasteiger partial charge >= 0.3 is 208 Å². The molecule has 158 valence electrons. The van der Waals surface area contributed by atoms with Crippen molar-refractivity contribution in [3.05, 3.63) is 47.5 Å². The van der Waals surface area contributed by atoms with Gasteiger partial charge in [-0.2, -0.15) is 0 Å². The summed E-state index contributed by atoms with van der Waals surface area (Å²) in [4.78, 5) is 23.7. The van der Waals surface area contributed by atoms with Gasteiger partial charge in [-0.05, 0) is 0 Å². The Labute approximate surface area is 205 Å². The fraction of sp³-hybridized carbons (Fsp3) is 0.333. The van der Waals surface area contributed by atoms with Crippen LogP contribution in [0.15, 0.2) is 36.4 Å². The maximum absolute atomic E-state index is 2.51. The zero-order valence-electron chi connectivity index (χ0n) is 19.1. The van der Waals surface area contributed by atoms with Gasteiger partial charge in [0.15, 0.2) is 0 Å². The Bertz CT molecular complexity index is 1090. The molecule has 0 fully saturated rings. The van der Waals surface area contributed by atoms with E-state index >= 15 is 0 Å². The van der Waals surface area contributed by atoms with Crippen LogP contribution in [0.25, 0.3) is 29.3 Å². The molecule has 0 aliphatic heterocycles. The van der Waals surface area contributed by atoms with Gasteiger partial charge in [-0.3, -0.25) is 0 Å². The summed E-state index contributed by atoms with van der Waals surface area (Å²) in [5.74, 6) is 0. The summed E-state index contributed by atoms with van der Waals surface area (Å²) in [7, 11) is 0. The zero-order chi connectivity index (χ0) is 21.8. The normalized spacial score (nSPS) is 12.7. The van der Waals surface area contributed by atoms with Gasteiger partial charge in [-0.25, -0.2) is 0 Å². The minimum absolute atomic E-state index is 1.40. The molecule has 0 nitrogen and oxygen atoms in total. The second-order valence-corrected chi connectivity index (χ2v) is 45.2. The van der Waals surface area contributed by atoms with Crippen LogP contribution in [0.3, 0.4) is 0 Å². The molecule has 6 heteroatoms. The molecule has 0 saturated carbocycles. The van der Waals surface area contributed by atoms with Gasteiger partial charge in [0.05, 0.1) is 0 Å². The molecule has 0 amide bonds. The van der Waals surface area contributed by atoms with Crippen molar-refractivity contribution in [1.82, 2.24) is 0 Å². The van der Waals surface area contributed by atoms with Crippen LogP contribution in [0.5, 0.6) is 0 Å². The Morgan fingerprint density at radius 1 is 0.500 bits per heavy atom. The third-order valence-corrected chi connectivity index (χ3v) is 29.3. The summed E-state index contributed by atoms with van der Waals surface area (Å²) in [6.45, 7) is 4.57. The predicted molar refractivity (Wildman–Crippen MR) is 150 cm³/mol. The van der Waals surface area contributed by atoms with Crippen LogP contribution in [0.4, 0.5) is 0 Å². The summed E-state index contributed by atoms with van der Waals surface area (Å²) >= 11 is 4.01. The summed E-state index contributed by atoms with van der Waals surface area (Å²) in [5.41, 5.74) is 2.91. The summed E-state index contributed by atoms with van der Waals surface area (Å²) in [6.07, 6.45) is 0. The Morgan fingerprint density at radius 2 is 0.833 bits per heavy atom. The summed E-state index contributed by atoms with van der Waals surface area (Å²) in [5, 5.41) is 0. The van der Waals surface area contributed by atoms with E-state index < -0.39 is 36.8 Å². The molecule has 0 saturated heterocycles. The van der Waals surface area contributed by atoms with Crippen molar-refractivity contribution < 1.29 is 0 Å². The van der Waals surface area contributed by atoms with Crippen LogP contribution in [0, 0.1) is 13.8 Å². The van der Waals surface area contributed by atoms with Gasteiger partial charge in [0.1, 0.15) is 0 Å². The fourth-order valence-corrected chi connectivity index (χ4v) is 19.0. The van der Waals surface area contributed by atoms with Gasteiger partial charge in [0.2, 0.25) is 0 Å². The van der Waals surface area contributed by atoms with E-state index in [1.54, 1.807) is 5.79 Å². The summed E-state index contributed by atoms with van der Waals surface area (Å²) in [6, 6.07) is 14.3. The van der Waals surface area contributed by atoms with E-state index in [9.17, 15) is 0 Å². The van der Waals surface area contributed by atoms with Crippen molar-refractivity contribution in [2.45, 2.75) is 43.5 Å². The van der Waals surface area contributed by atoms with Gasteiger partial charge in [-0.15, -0.1) is 0 Å². The molecule has 4 aromatic heterocycles. The Morgan fingerprint density at radius 3 is 1.13 bits per heavy atom. The molecule has 4 aromatic rings. The van der Waals surface area contributed by atoms with Gasteiger partial charge in [0.25, 0.3) is 0 Å². The fourth-order valence-electron chi connectivity index (χ4n) is 3.38. The molecule has 4 heterocycles. The standard InChI is InChI=1S/C18H12S4.6CH3.2Sn/c1-11-7-9-19-17(11)15-5-3-13(21-15)14-4-6-16(22-14)18-12(2)8-10-20-18;;;;;;;;/h3-8H,1-2H3;6*1H3;;. The molecule has 0 aliphatic rings. The van der Waals surface area contributed by atoms with Crippen LogP contribution in [-0.2, 0) is 0 Å². The predicted octanol–water partition coefficient (Wildman–Crippen LogP) is 8.64. The molecular weight excluding hydrogens is 654 g/mol. The average molecular weight is 684 g/mol. The van der Waals surface area contributed by atoms with Crippen molar-refractivity contribution in [3.63, 3.8) is 0 Å². The first-order valence-electron chi connectivity index (χ1n) is 10.4. The molecule has 4 rings (SSSR count). The van der Waals surface area contributed by atoms with Crippen molar-refractivity contribution in [2.75, 3.05) is 0 Å². The topological polar surface area (TPSA) is 0 Å². The molecule has 0 unspecified atom stereocenters. The monoisotopic (exact) mass is 686 g/mol. The average Bonchev–Trinajstić information content (AvgIpc) is 3.37. The molecule has 0 aliphatic carbocycles. The first kappa shape index (κ1) is 23.6. The molecule has 0 aromatic carbocycles. The molecule has 0 bridgehead atoms. The summed E-state index contributed by atoms with van der Waals surface area (Å²) < 4.78 is 3.36. The van der Waals surface area contributed by atoms with E-state index in [-0.39, 0.29) is 0 Å². The van der Waals surface area contributed by atoms with Crippen molar-refractivity contribution >= 4 is 87.9 Å². The number of hydrogen-bond donors (Lipinski definition) is 0. The van der Waals surface area contributed by atoms with Crippen LogP contribution < -0.4 is 5.79 Å². The second kappa shape index (κ2) is 8.63. The molecular formula is C24H30S4Sn2. The van der Waals surface area contributed by atoms with E-state index in [1.807, 2.05) is 22.7 Å². The van der Waals surface area contributed by atoms with E-state index in [0.29, 0.717) is 0 Å². The van der Waals surface area contributed by atoms with Gasteiger partial charge in [0, 0.05) is 0 Å². The van der Waals surface area contributed by atoms with E-state index in [1.165, 1.54) is 40.4 Å². The van der Waals surface area contributed by atoms with E-state index in [2.05, 4.69) is 103 Å². The second-order valence-electron chi connectivity index (χ2n) is 10.1. The SMILES string of the molecule is Cc1c[c]([Sn]([CH3])([CH3])[CH3])sc1-c1ccc(-c2ccc(-c3s[c]([Sn]([CH3])([CH3])[CH3])cc3C)s2)s1. The van der Waals surface area contributed by atoms with Crippen LogP contribution in [0.2, 0.25) is 29.6 Å². The molecule has 0 radical (unpaired) electrons. The molecule has 0 spiro atoms. The molecule has 0 N–H and O–H groups in total. The van der Waals surface area contributed by atoms with Gasteiger partial charge < -0.3 is 0 Å². The Hall–Kier alpha value is 0.397. The quantitative estimate of drug-likeness (QED) is 0.185. The molecule has 30 heavy (non-hydrogen) atoms. The third-order valence-electron chi connectivity index (χ3n) is 5.22. The van der Waals surface area contributed by atoms with Crippen molar-refractivity contribution in [2.24, 2.45) is 0 Å².